The summed E-state index contributed by atoms with van der Waals surface area (Å²) in [5.41, 5.74) is 0.868. The molecule has 20 heavy (non-hydrogen) atoms. The standard InChI is InChI=1S/C12H11F3N4O/c13-12(14,15)20-9-3-1-8(2-4-9)10-5-6-16-11-17-7-18-19(10)11/h1-4,7,10H,5-6H2,(H,16,17,18). The highest BCUT2D eigenvalue weighted by Gasteiger charge is 2.31. The van der Waals surface area contributed by atoms with E-state index in [1.807, 2.05) is 0 Å². The molecule has 1 aromatic heterocycles. The molecule has 0 amide bonds. The monoisotopic (exact) mass is 284 g/mol. The maximum absolute atomic E-state index is 12.1. The number of alkyl halides is 3. The number of hydrogen-bond donors (Lipinski definition) is 1. The lowest BCUT2D eigenvalue weighted by Crippen LogP contribution is -2.24. The lowest BCUT2D eigenvalue weighted by molar-refractivity contribution is -0.274. The van der Waals surface area contributed by atoms with Gasteiger partial charge in [-0.1, -0.05) is 12.1 Å². The van der Waals surface area contributed by atoms with Gasteiger partial charge in [-0.2, -0.15) is 10.1 Å². The number of fused-ring (bicyclic) bond motifs is 1. The average Bonchev–Trinajstić information content (AvgIpc) is 2.86. The van der Waals surface area contributed by atoms with Crippen LogP contribution in [0.3, 0.4) is 0 Å². The second-order valence-electron chi connectivity index (χ2n) is 4.38. The Kier molecular flexibility index (Phi) is 3.00. The first-order chi connectivity index (χ1) is 9.53. The second kappa shape index (κ2) is 4.69. The quantitative estimate of drug-likeness (QED) is 0.921. The molecule has 8 heteroatoms. The van der Waals surface area contributed by atoms with Crippen molar-refractivity contribution in [2.75, 3.05) is 11.9 Å². The molecular weight excluding hydrogens is 273 g/mol. The van der Waals surface area contributed by atoms with E-state index >= 15 is 0 Å². The predicted octanol–water partition coefficient (Wildman–Crippen LogP) is 2.58. The zero-order valence-corrected chi connectivity index (χ0v) is 10.3. The van der Waals surface area contributed by atoms with Crippen LogP contribution in [0.5, 0.6) is 5.75 Å². The molecule has 0 fully saturated rings. The Hall–Kier alpha value is -2.25. The van der Waals surface area contributed by atoms with Gasteiger partial charge in [0.1, 0.15) is 12.1 Å². The van der Waals surface area contributed by atoms with E-state index in [1.165, 1.54) is 18.5 Å². The first-order valence-electron chi connectivity index (χ1n) is 6.02. The zero-order valence-electron chi connectivity index (χ0n) is 10.3. The summed E-state index contributed by atoms with van der Waals surface area (Å²) >= 11 is 0. The van der Waals surface area contributed by atoms with E-state index in [4.69, 9.17) is 0 Å². The van der Waals surface area contributed by atoms with Gasteiger partial charge < -0.3 is 10.1 Å². The fourth-order valence-electron chi connectivity index (χ4n) is 2.25. The van der Waals surface area contributed by atoms with Crippen LogP contribution >= 0.6 is 0 Å². The fourth-order valence-corrected chi connectivity index (χ4v) is 2.25. The van der Waals surface area contributed by atoms with Gasteiger partial charge in [-0.25, -0.2) is 4.68 Å². The highest BCUT2D eigenvalue weighted by Crippen LogP contribution is 2.30. The van der Waals surface area contributed by atoms with Crippen LogP contribution in [0.4, 0.5) is 19.1 Å². The van der Waals surface area contributed by atoms with E-state index in [2.05, 4.69) is 20.1 Å². The van der Waals surface area contributed by atoms with Gasteiger partial charge in [-0.15, -0.1) is 13.2 Å². The number of nitrogens with zero attached hydrogens (tertiary/aromatic N) is 3. The number of benzene rings is 1. The number of nitrogens with one attached hydrogen (secondary N) is 1. The van der Waals surface area contributed by atoms with Crippen molar-refractivity contribution in [1.29, 1.82) is 0 Å². The SMILES string of the molecule is FC(F)(F)Oc1ccc(C2CCNc3ncnn32)cc1. The minimum atomic E-state index is -4.67. The van der Waals surface area contributed by atoms with Gasteiger partial charge >= 0.3 is 6.36 Å². The smallest absolute Gasteiger partial charge is 0.406 e. The van der Waals surface area contributed by atoms with E-state index in [0.29, 0.717) is 5.95 Å². The molecule has 2 aromatic rings. The molecular formula is C12H11F3N4O. The van der Waals surface area contributed by atoms with Crippen molar-refractivity contribution in [1.82, 2.24) is 14.8 Å². The highest BCUT2D eigenvalue weighted by atomic mass is 19.4. The zero-order chi connectivity index (χ0) is 14.2. The van der Waals surface area contributed by atoms with Crippen molar-refractivity contribution < 1.29 is 17.9 Å². The lowest BCUT2D eigenvalue weighted by atomic mass is 10.0. The summed E-state index contributed by atoms with van der Waals surface area (Å²) in [7, 11) is 0. The molecule has 1 N–H and O–H groups in total. The third-order valence-electron chi connectivity index (χ3n) is 3.07. The molecule has 2 heterocycles. The van der Waals surface area contributed by atoms with Crippen LogP contribution in [-0.4, -0.2) is 27.7 Å². The molecule has 0 bridgehead atoms. The average molecular weight is 284 g/mol. The van der Waals surface area contributed by atoms with Gasteiger partial charge in [0.2, 0.25) is 5.95 Å². The third kappa shape index (κ3) is 2.54. The summed E-state index contributed by atoms with van der Waals surface area (Å²) in [5.74, 6) is 0.436. The van der Waals surface area contributed by atoms with Crippen LogP contribution in [0.15, 0.2) is 30.6 Å². The molecule has 1 aromatic carbocycles. The fraction of sp³-hybridized carbons (Fsp3) is 0.333. The second-order valence-corrected chi connectivity index (χ2v) is 4.38. The van der Waals surface area contributed by atoms with Crippen LogP contribution in [-0.2, 0) is 0 Å². The largest absolute Gasteiger partial charge is 0.573 e. The lowest BCUT2D eigenvalue weighted by Gasteiger charge is -2.24. The number of aromatic nitrogens is 3. The topological polar surface area (TPSA) is 52.0 Å². The predicted molar refractivity (Wildman–Crippen MR) is 64.4 cm³/mol. The molecule has 5 nitrogen and oxygen atoms in total. The Morgan fingerprint density at radius 1 is 1.25 bits per heavy atom. The number of rotatable bonds is 2. The summed E-state index contributed by atoms with van der Waals surface area (Å²) in [4.78, 5) is 4.07. The van der Waals surface area contributed by atoms with Gasteiger partial charge in [0.25, 0.3) is 0 Å². The minimum absolute atomic E-state index is 0.0336. The van der Waals surface area contributed by atoms with E-state index in [1.54, 1.807) is 16.8 Å². The molecule has 1 aliphatic rings. The van der Waals surface area contributed by atoms with Crippen LogP contribution < -0.4 is 10.1 Å². The summed E-state index contributed by atoms with van der Waals surface area (Å²) in [5, 5.41) is 7.23. The van der Waals surface area contributed by atoms with Crippen LogP contribution in [0.25, 0.3) is 0 Å². The minimum Gasteiger partial charge on any atom is -0.406 e. The summed E-state index contributed by atoms with van der Waals surface area (Å²) in [6, 6.07) is 5.81. The number of anilines is 1. The van der Waals surface area contributed by atoms with Gasteiger partial charge in [-0.05, 0) is 24.1 Å². The Balaban J connectivity index is 1.83. The van der Waals surface area contributed by atoms with E-state index < -0.39 is 6.36 Å². The number of halogens is 3. The first-order valence-corrected chi connectivity index (χ1v) is 6.02. The summed E-state index contributed by atoms with van der Waals surface area (Å²) in [6.07, 6.45) is -2.44. The van der Waals surface area contributed by atoms with Crippen molar-refractivity contribution in [2.45, 2.75) is 18.8 Å². The molecule has 1 aliphatic heterocycles. The maximum Gasteiger partial charge on any atom is 0.573 e. The summed E-state index contributed by atoms with van der Waals surface area (Å²) in [6.45, 7) is 0.740. The van der Waals surface area contributed by atoms with E-state index in [0.717, 1.165) is 18.5 Å². The molecule has 0 radical (unpaired) electrons. The normalized spacial score (nSPS) is 18.2. The molecule has 1 atom stereocenters. The Bertz CT molecular complexity index is 593. The Morgan fingerprint density at radius 2 is 2.00 bits per heavy atom. The van der Waals surface area contributed by atoms with Gasteiger partial charge in [0, 0.05) is 6.54 Å². The molecule has 1 unspecified atom stereocenters. The van der Waals surface area contributed by atoms with E-state index in [-0.39, 0.29) is 11.8 Å². The number of ether oxygens (including phenoxy) is 1. The Labute approximate surface area is 112 Å². The highest BCUT2D eigenvalue weighted by molar-refractivity contribution is 5.34. The molecule has 0 saturated heterocycles. The first kappa shape index (κ1) is 12.8. The number of hydrogen-bond acceptors (Lipinski definition) is 4. The van der Waals surface area contributed by atoms with Gasteiger partial charge in [-0.3, -0.25) is 0 Å². The van der Waals surface area contributed by atoms with Crippen molar-refractivity contribution in [3.05, 3.63) is 36.2 Å². The molecule has 3 rings (SSSR count). The summed E-state index contributed by atoms with van der Waals surface area (Å²) < 4.78 is 41.9. The van der Waals surface area contributed by atoms with Crippen molar-refractivity contribution in [3.8, 4) is 5.75 Å². The van der Waals surface area contributed by atoms with Crippen molar-refractivity contribution >= 4 is 5.95 Å². The van der Waals surface area contributed by atoms with Crippen LogP contribution in [0, 0.1) is 0 Å². The molecule has 0 spiro atoms. The maximum atomic E-state index is 12.1. The third-order valence-corrected chi connectivity index (χ3v) is 3.07. The van der Waals surface area contributed by atoms with Gasteiger partial charge in [0.05, 0.1) is 6.04 Å². The van der Waals surface area contributed by atoms with E-state index in [9.17, 15) is 13.2 Å². The molecule has 106 valence electrons. The van der Waals surface area contributed by atoms with Crippen LogP contribution in [0.2, 0.25) is 0 Å². The van der Waals surface area contributed by atoms with Crippen molar-refractivity contribution in [2.24, 2.45) is 0 Å². The molecule has 0 aliphatic carbocycles. The van der Waals surface area contributed by atoms with Crippen LogP contribution in [0.1, 0.15) is 18.0 Å². The Morgan fingerprint density at radius 3 is 2.70 bits per heavy atom. The molecule has 0 saturated carbocycles. The van der Waals surface area contributed by atoms with Gasteiger partial charge in [0.15, 0.2) is 0 Å². The van der Waals surface area contributed by atoms with Crippen molar-refractivity contribution in [3.63, 3.8) is 0 Å².